The molecule has 3 aliphatic rings. The van der Waals surface area contributed by atoms with Crippen molar-refractivity contribution in [3.63, 3.8) is 0 Å². The number of aromatic nitrogens is 2. The molecule has 3 aliphatic heterocycles. The molecule has 0 radical (unpaired) electrons. The molecule has 2 atom stereocenters. The zero-order valence-electron chi connectivity index (χ0n) is 19.7. The number of hydrogen-bond acceptors (Lipinski definition) is 7. The molecule has 3 aromatic rings. The molecule has 7 nitrogen and oxygen atoms in total. The standard InChI is InChI=1S/C27H31N7/c1-19-17-33(25-6-4-21(15-28)27-23(25)3-2-10-30-27)18-22-9-12-32(13-14-34(19)22)26-7-5-20-8-11-29-16-24(20)31-26/h2-7,10,19,22,29H,8-9,11-14,16-18H2,1H3. The van der Waals surface area contributed by atoms with Crippen LogP contribution in [0, 0.1) is 11.3 Å². The van der Waals surface area contributed by atoms with E-state index in [-0.39, 0.29) is 0 Å². The van der Waals surface area contributed by atoms with Gasteiger partial charge in [0.15, 0.2) is 0 Å². The fraction of sp³-hybridized carbons (Fsp3) is 0.444. The average molecular weight is 454 g/mol. The summed E-state index contributed by atoms with van der Waals surface area (Å²) in [5.41, 5.74) is 5.25. The Morgan fingerprint density at radius 3 is 2.91 bits per heavy atom. The summed E-state index contributed by atoms with van der Waals surface area (Å²) < 4.78 is 0. The molecule has 1 aromatic carbocycles. The zero-order valence-corrected chi connectivity index (χ0v) is 19.7. The highest BCUT2D eigenvalue weighted by molar-refractivity contribution is 5.95. The van der Waals surface area contributed by atoms with Crippen LogP contribution in [0.25, 0.3) is 10.9 Å². The number of hydrogen-bond donors (Lipinski definition) is 1. The van der Waals surface area contributed by atoms with Crippen molar-refractivity contribution >= 4 is 22.4 Å². The van der Waals surface area contributed by atoms with Crippen LogP contribution in [0.3, 0.4) is 0 Å². The van der Waals surface area contributed by atoms with Crippen molar-refractivity contribution in [1.82, 2.24) is 20.2 Å². The van der Waals surface area contributed by atoms with Crippen molar-refractivity contribution in [3.8, 4) is 6.07 Å². The summed E-state index contributed by atoms with van der Waals surface area (Å²) in [5.74, 6) is 1.12. The van der Waals surface area contributed by atoms with Crippen LogP contribution in [0.2, 0.25) is 0 Å². The first-order chi connectivity index (χ1) is 16.7. The Morgan fingerprint density at radius 1 is 1.06 bits per heavy atom. The zero-order chi connectivity index (χ0) is 23.1. The minimum Gasteiger partial charge on any atom is -0.368 e. The van der Waals surface area contributed by atoms with Gasteiger partial charge in [0.25, 0.3) is 0 Å². The van der Waals surface area contributed by atoms with Gasteiger partial charge in [0.1, 0.15) is 11.9 Å². The molecule has 5 heterocycles. The van der Waals surface area contributed by atoms with Gasteiger partial charge in [-0.2, -0.15) is 5.26 Å². The number of piperazine rings is 1. The maximum atomic E-state index is 9.53. The summed E-state index contributed by atoms with van der Waals surface area (Å²) in [6, 6.07) is 15.9. The quantitative estimate of drug-likeness (QED) is 0.640. The van der Waals surface area contributed by atoms with Gasteiger partial charge in [-0.25, -0.2) is 4.98 Å². The topological polar surface area (TPSA) is 71.3 Å². The molecule has 7 heteroatoms. The number of pyridine rings is 2. The molecule has 2 fully saturated rings. The lowest BCUT2D eigenvalue weighted by Gasteiger charge is -2.46. The normalized spacial score (nSPS) is 23.2. The lowest BCUT2D eigenvalue weighted by molar-refractivity contribution is 0.130. The smallest absolute Gasteiger partial charge is 0.128 e. The second-order valence-electron chi connectivity index (χ2n) is 9.77. The van der Waals surface area contributed by atoms with Gasteiger partial charge in [0.2, 0.25) is 0 Å². The van der Waals surface area contributed by atoms with E-state index in [2.05, 4.69) is 62.3 Å². The molecule has 0 saturated carbocycles. The van der Waals surface area contributed by atoms with Crippen LogP contribution in [0.4, 0.5) is 11.5 Å². The number of nitriles is 1. The SMILES string of the molecule is CC1CN(c2ccc(C#N)c3ncccc23)CC2CCN(c3ccc4c(n3)CNCC4)CCN12. The molecule has 174 valence electrons. The molecule has 2 aromatic heterocycles. The van der Waals surface area contributed by atoms with Crippen LogP contribution < -0.4 is 15.1 Å². The molecular formula is C27H31N7. The summed E-state index contributed by atoms with van der Waals surface area (Å²) in [5, 5.41) is 14.1. The first-order valence-electron chi connectivity index (χ1n) is 12.4. The third-order valence-corrected chi connectivity index (χ3v) is 7.76. The minimum atomic E-state index is 0.460. The molecule has 2 saturated heterocycles. The minimum absolute atomic E-state index is 0.460. The second-order valence-corrected chi connectivity index (χ2v) is 9.77. The van der Waals surface area contributed by atoms with Crippen molar-refractivity contribution in [3.05, 3.63) is 59.4 Å². The highest BCUT2D eigenvalue weighted by atomic mass is 15.3. The number of rotatable bonds is 2. The van der Waals surface area contributed by atoms with Gasteiger partial charge in [-0.15, -0.1) is 0 Å². The third kappa shape index (κ3) is 3.77. The molecule has 0 amide bonds. The van der Waals surface area contributed by atoms with Crippen LogP contribution in [-0.2, 0) is 13.0 Å². The second kappa shape index (κ2) is 8.86. The van der Waals surface area contributed by atoms with Gasteiger partial charge < -0.3 is 15.1 Å². The number of benzene rings is 1. The monoisotopic (exact) mass is 453 g/mol. The molecule has 6 rings (SSSR count). The number of nitrogens with zero attached hydrogens (tertiary/aromatic N) is 6. The van der Waals surface area contributed by atoms with Gasteiger partial charge in [0.05, 0.1) is 16.8 Å². The maximum Gasteiger partial charge on any atom is 0.128 e. The Labute approximate surface area is 201 Å². The summed E-state index contributed by atoms with van der Waals surface area (Å²) >= 11 is 0. The van der Waals surface area contributed by atoms with Gasteiger partial charge in [-0.1, -0.05) is 6.07 Å². The van der Waals surface area contributed by atoms with Gasteiger partial charge in [-0.3, -0.25) is 9.88 Å². The van der Waals surface area contributed by atoms with Crippen molar-refractivity contribution < 1.29 is 0 Å². The highest BCUT2D eigenvalue weighted by Crippen LogP contribution is 2.32. The molecular weight excluding hydrogens is 422 g/mol. The highest BCUT2D eigenvalue weighted by Gasteiger charge is 2.35. The summed E-state index contributed by atoms with van der Waals surface area (Å²) in [4.78, 5) is 17.2. The van der Waals surface area contributed by atoms with Crippen molar-refractivity contribution in [2.24, 2.45) is 0 Å². The Morgan fingerprint density at radius 2 is 2.00 bits per heavy atom. The van der Waals surface area contributed by atoms with Crippen LogP contribution in [0.15, 0.2) is 42.6 Å². The first-order valence-corrected chi connectivity index (χ1v) is 12.4. The summed E-state index contributed by atoms with van der Waals surface area (Å²) in [7, 11) is 0. The van der Waals surface area contributed by atoms with Crippen LogP contribution in [0.1, 0.15) is 30.2 Å². The average Bonchev–Trinajstić information content (AvgIpc) is 3.11. The molecule has 2 unspecified atom stereocenters. The Kier molecular flexibility index (Phi) is 5.56. The predicted octanol–water partition coefficient (Wildman–Crippen LogP) is 2.94. The van der Waals surface area contributed by atoms with Crippen molar-refractivity contribution in [2.75, 3.05) is 49.1 Å². The van der Waals surface area contributed by atoms with E-state index in [9.17, 15) is 5.26 Å². The molecule has 0 bridgehead atoms. The number of anilines is 2. The number of nitrogens with one attached hydrogen (secondary N) is 1. The Hall–Kier alpha value is -3.21. The Balaban J connectivity index is 1.23. The van der Waals surface area contributed by atoms with E-state index < -0.39 is 0 Å². The van der Waals surface area contributed by atoms with Gasteiger partial charge in [0, 0.05) is 68.6 Å². The van der Waals surface area contributed by atoms with Gasteiger partial charge in [-0.05, 0) is 62.2 Å². The fourth-order valence-corrected chi connectivity index (χ4v) is 5.99. The van der Waals surface area contributed by atoms with Crippen LogP contribution in [-0.4, -0.2) is 66.2 Å². The Bertz CT molecular complexity index is 1250. The van der Waals surface area contributed by atoms with Crippen LogP contribution in [0.5, 0.6) is 0 Å². The van der Waals surface area contributed by atoms with Crippen molar-refractivity contribution in [2.45, 2.75) is 38.4 Å². The van der Waals surface area contributed by atoms with Gasteiger partial charge >= 0.3 is 0 Å². The largest absolute Gasteiger partial charge is 0.368 e. The first kappa shape index (κ1) is 21.3. The van der Waals surface area contributed by atoms with Crippen molar-refractivity contribution in [1.29, 1.82) is 5.26 Å². The van der Waals surface area contributed by atoms with E-state index in [4.69, 9.17) is 4.98 Å². The third-order valence-electron chi connectivity index (χ3n) is 7.76. The molecule has 0 aliphatic carbocycles. The molecule has 1 N–H and O–H groups in total. The molecule has 34 heavy (non-hydrogen) atoms. The van der Waals surface area contributed by atoms with E-state index in [1.54, 1.807) is 6.20 Å². The lowest BCUT2D eigenvalue weighted by Crippen LogP contribution is -2.58. The van der Waals surface area contributed by atoms with E-state index >= 15 is 0 Å². The van der Waals surface area contributed by atoms with E-state index in [0.717, 1.165) is 75.4 Å². The molecule has 0 spiro atoms. The van der Waals surface area contributed by atoms with E-state index in [0.29, 0.717) is 17.6 Å². The van der Waals surface area contributed by atoms with E-state index in [1.165, 1.54) is 16.9 Å². The lowest BCUT2D eigenvalue weighted by atomic mass is 10.0. The maximum absolute atomic E-state index is 9.53. The fourth-order valence-electron chi connectivity index (χ4n) is 5.99. The summed E-state index contributed by atoms with van der Waals surface area (Å²) in [6.45, 7) is 9.36. The van der Waals surface area contributed by atoms with Crippen LogP contribution >= 0.6 is 0 Å². The van der Waals surface area contributed by atoms with E-state index in [1.807, 2.05) is 12.1 Å². The predicted molar refractivity (Wildman–Crippen MR) is 135 cm³/mol. The summed E-state index contributed by atoms with van der Waals surface area (Å²) in [6.07, 6.45) is 3.97. The number of fused-ring (bicyclic) bond motifs is 3.